The fourth-order valence-corrected chi connectivity index (χ4v) is 2.72. The zero-order chi connectivity index (χ0) is 14.5. The molecule has 0 radical (unpaired) electrons. The van der Waals surface area contributed by atoms with Crippen LogP contribution in [0.5, 0.6) is 0 Å². The van der Waals surface area contributed by atoms with Gasteiger partial charge in [-0.15, -0.1) is 0 Å². The quantitative estimate of drug-likeness (QED) is 0.686. The molecule has 0 aliphatic carbocycles. The van der Waals surface area contributed by atoms with Crippen molar-refractivity contribution in [3.05, 3.63) is 0 Å². The van der Waals surface area contributed by atoms with E-state index < -0.39 is 12.7 Å². The van der Waals surface area contributed by atoms with Gasteiger partial charge in [0.15, 0.2) is 0 Å². The summed E-state index contributed by atoms with van der Waals surface area (Å²) in [6.07, 6.45) is -4.30. The minimum absolute atomic E-state index is 0.141. The predicted octanol–water partition coefficient (Wildman–Crippen LogP) is 2.35. The van der Waals surface area contributed by atoms with Crippen molar-refractivity contribution in [1.29, 1.82) is 0 Å². The van der Waals surface area contributed by atoms with E-state index in [0.717, 1.165) is 6.54 Å². The van der Waals surface area contributed by atoms with Crippen LogP contribution < -0.4 is 0 Å². The van der Waals surface area contributed by atoms with Gasteiger partial charge in [0, 0.05) is 37.6 Å². The van der Waals surface area contributed by atoms with Gasteiger partial charge in [0.25, 0.3) is 0 Å². The highest BCUT2D eigenvalue weighted by Gasteiger charge is 2.32. The number of ether oxygens (including phenoxy) is 1. The third-order valence-electron chi connectivity index (χ3n) is 3.17. The van der Waals surface area contributed by atoms with Crippen LogP contribution in [0.1, 0.15) is 13.8 Å². The van der Waals surface area contributed by atoms with E-state index in [-0.39, 0.29) is 6.10 Å². The molecule has 3 nitrogen and oxygen atoms in total. The minimum Gasteiger partial charge on any atom is -0.374 e. The molecule has 0 aromatic rings. The molecule has 1 fully saturated rings. The minimum atomic E-state index is -4.16. The van der Waals surface area contributed by atoms with Gasteiger partial charge in [0.1, 0.15) is 0 Å². The van der Waals surface area contributed by atoms with E-state index in [0.29, 0.717) is 37.6 Å². The number of alkyl halides is 4. The van der Waals surface area contributed by atoms with E-state index in [1.54, 1.807) is 0 Å². The molecule has 1 atom stereocenters. The number of halogens is 4. The fourth-order valence-electron chi connectivity index (χ4n) is 2.22. The largest absolute Gasteiger partial charge is 0.401 e. The molecule has 114 valence electrons. The normalized spacial score (nSPS) is 22.4. The maximum absolute atomic E-state index is 12.5. The Morgan fingerprint density at radius 2 is 2.11 bits per heavy atom. The summed E-state index contributed by atoms with van der Waals surface area (Å²) < 4.78 is 43.0. The highest BCUT2D eigenvalue weighted by Crippen LogP contribution is 2.18. The lowest BCUT2D eigenvalue weighted by Gasteiger charge is -2.37. The molecule has 1 rings (SSSR count). The third kappa shape index (κ3) is 6.92. The average molecular weight is 347 g/mol. The molecule has 1 heterocycles. The van der Waals surface area contributed by atoms with E-state index >= 15 is 0 Å². The van der Waals surface area contributed by atoms with Crippen molar-refractivity contribution in [2.24, 2.45) is 0 Å². The number of morpholine rings is 1. The molecule has 0 amide bonds. The average Bonchev–Trinajstić information content (AvgIpc) is 2.27. The summed E-state index contributed by atoms with van der Waals surface area (Å²) in [5, 5.41) is 0.531. The van der Waals surface area contributed by atoms with Gasteiger partial charge >= 0.3 is 6.18 Å². The van der Waals surface area contributed by atoms with Gasteiger partial charge in [0.05, 0.1) is 19.3 Å². The highest BCUT2D eigenvalue weighted by molar-refractivity contribution is 9.09. The summed E-state index contributed by atoms with van der Waals surface area (Å²) in [6.45, 7) is 6.16. The van der Waals surface area contributed by atoms with Crippen LogP contribution in [0.15, 0.2) is 0 Å². The Bertz CT molecular complexity index is 264. The molecule has 0 saturated carbocycles. The molecule has 19 heavy (non-hydrogen) atoms. The monoisotopic (exact) mass is 346 g/mol. The molecular formula is C12H22BrF3N2O. The third-order valence-corrected chi connectivity index (χ3v) is 3.52. The SMILES string of the molecule is CC(C)N1CCOC(CN(CCBr)CC(F)(F)F)C1. The second-order valence-corrected chi connectivity index (χ2v) is 5.91. The van der Waals surface area contributed by atoms with Crippen LogP contribution in [0.25, 0.3) is 0 Å². The molecule has 0 aromatic heterocycles. The molecule has 1 aliphatic rings. The standard InChI is InChI=1S/C12H22BrF3N2O/c1-10(2)18-5-6-19-11(8-18)7-17(4-3-13)9-12(14,15)16/h10-11H,3-9H2,1-2H3. The van der Waals surface area contributed by atoms with Crippen molar-refractivity contribution in [2.75, 3.05) is 44.7 Å². The molecule has 0 bridgehead atoms. The van der Waals surface area contributed by atoms with Crippen LogP contribution in [0.3, 0.4) is 0 Å². The van der Waals surface area contributed by atoms with Gasteiger partial charge in [-0.3, -0.25) is 9.80 Å². The van der Waals surface area contributed by atoms with Crippen molar-refractivity contribution in [3.8, 4) is 0 Å². The zero-order valence-corrected chi connectivity index (χ0v) is 13.0. The van der Waals surface area contributed by atoms with Crippen molar-refractivity contribution in [3.63, 3.8) is 0 Å². The Morgan fingerprint density at radius 1 is 1.42 bits per heavy atom. The van der Waals surface area contributed by atoms with E-state index in [1.165, 1.54) is 4.90 Å². The molecule has 1 unspecified atom stereocenters. The van der Waals surface area contributed by atoms with E-state index in [4.69, 9.17) is 4.74 Å². The lowest BCUT2D eigenvalue weighted by Crippen LogP contribution is -2.51. The van der Waals surface area contributed by atoms with Gasteiger partial charge in [-0.2, -0.15) is 13.2 Å². The first-order valence-corrected chi connectivity index (χ1v) is 7.64. The molecule has 0 spiro atoms. The maximum Gasteiger partial charge on any atom is 0.401 e. The summed E-state index contributed by atoms with van der Waals surface area (Å²) in [5.41, 5.74) is 0. The number of hydrogen-bond acceptors (Lipinski definition) is 3. The van der Waals surface area contributed by atoms with Gasteiger partial charge in [0.2, 0.25) is 0 Å². The molecule has 0 N–H and O–H groups in total. The molecule has 7 heteroatoms. The summed E-state index contributed by atoms with van der Waals surface area (Å²) in [4.78, 5) is 3.65. The van der Waals surface area contributed by atoms with Gasteiger partial charge in [-0.05, 0) is 13.8 Å². The van der Waals surface area contributed by atoms with Crippen LogP contribution in [-0.2, 0) is 4.74 Å². The Hall–Kier alpha value is 0.150. The molecule has 0 aromatic carbocycles. The summed E-state index contributed by atoms with van der Waals surface area (Å²) >= 11 is 3.20. The van der Waals surface area contributed by atoms with Crippen LogP contribution in [0.2, 0.25) is 0 Å². The Morgan fingerprint density at radius 3 is 2.63 bits per heavy atom. The van der Waals surface area contributed by atoms with Crippen molar-refractivity contribution in [1.82, 2.24) is 9.80 Å². The van der Waals surface area contributed by atoms with Crippen LogP contribution in [0.4, 0.5) is 13.2 Å². The van der Waals surface area contributed by atoms with Crippen molar-refractivity contribution >= 4 is 15.9 Å². The molecule has 1 saturated heterocycles. The first kappa shape index (κ1) is 17.2. The first-order chi connectivity index (χ1) is 8.81. The lowest BCUT2D eigenvalue weighted by atomic mass is 10.2. The second kappa shape index (κ2) is 7.81. The van der Waals surface area contributed by atoms with Gasteiger partial charge in [-0.25, -0.2) is 0 Å². The number of nitrogens with zero attached hydrogens (tertiary/aromatic N) is 2. The molecule has 1 aliphatic heterocycles. The molecular weight excluding hydrogens is 325 g/mol. The van der Waals surface area contributed by atoms with Crippen LogP contribution in [0, 0.1) is 0 Å². The van der Waals surface area contributed by atoms with Crippen LogP contribution >= 0.6 is 15.9 Å². The second-order valence-electron chi connectivity index (χ2n) is 5.12. The van der Waals surface area contributed by atoms with Gasteiger partial charge in [-0.1, -0.05) is 15.9 Å². The van der Waals surface area contributed by atoms with Crippen molar-refractivity contribution < 1.29 is 17.9 Å². The summed E-state index contributed by atoms with van der Waals surface area (Å²) in [7, 11) is 0. The zero-order valence-electron chi connectivity index (χ0n) is 11.4. The van der Waals surface area contributed by atoms with Gasteiger partial charge < -0.3 is 4.74 Å². The van der Waals surface area contributed by atoms with Crippen molar-refractivity contribution in [2.45, 2.75) is 32.2 Å². The van der Waals surface area contributed by atoms with Crippen LogP contribution in [-0.4, -0.2) is 72.8 Å². The maximum atomic E-state index is 12.5. The highest BCUT2D eigenvalue weighted by atomic mass is 79.9. The Kier molecular flexibility index (Phi) is 7.07. The summed E-state index contributed by atoms with van der Waals surface area (Å²) in [5.74, 6) is 0. The lowest BCUT2D eigenvalue weighted by molar-refractivity contribution is -0.151. The Balaban J connectivity index is 2.48. The number of hydrogen-bond donors (Lipinski definition) is 0. The van der Waals surface area contributed by atoms with E-state index in [2.05, 4.69) is 34.7 Å². The smallest absolute Gasteiger partial charge is 0.374 e. The van der Waals surface area contributed by atoms with E-state index in [9.17, 15) is 13.2 Å². The van der Waals surface area contributed by atoms with E-state index in [1.807, 2.05) is 0 Å². The topological polar surface area (TPSA) is 15.7 Å². The first-order valence-electron chi connectivity index (χ1n) is 6.52. The Labute approximate surface area is 121 Å². The summed E-state index contributed by atoms with van der Waals surface area (Å²) in [6, 6.07) is 0.402. The fraction of sp³-hybridized carbons (Fsp3) is 1.00. The predicted molar refractivity (Wildman–Crippen MR) is 72.7 cm³/mol. The number of rotatable bonds is 6.